The van der Waals surface area contributed by atoms with E-state index < -0.39 is 24.5 Å². The van der Waals surface area contributed by atoms with E-state index in [0.717, 1.165) is 38.5 Å². The Morgan fingerprint density at radius 1 is 1.14 bits per heavy atom. The van der Waals surface area contributed by atoms with Gasteiger partial charge in [0.2, 0.25) is 11.8 Å². The van der Waals surface area contributed by atoms with Crippen LogP contribution >= 0.6 is 0 Å². The standard InChI is InChI=1S/C18H33N3O7/c19-15(23)7-5-3-1-2-4-6-8-16(24)20-9-10-27-18-17(25)14(21-26)11-13(12-22)28-18/h13-14,17-18,22,25H,1-12H2,(H2,19,23)(H,20,24). The summed E-state index contributed by atoms with van der Waals surface area (Å²) in [5.74, 6) is -0.346. The summed E-state index contributed by atoms with van der Waals surface area (Å²) in [4.78, 5) is 33.1. The van der Waals surface area contributed by atoms with Gasteiger partial charge in [0.1, 0.15) is 12.1 Å². The number of amides is 2. The van der Waals surface area contributed by atoms with Crippen LogP contribution in [0.3, 0.4) is 0 Å². The second kappa shape index (κ2) is 14.4. The minimum Gasteiger partial charge on any atom is -0.394 e. The van der Waals surface area contributed by atoms with Gasteiger partial charge in [0.15, 0.2) is 6.29 Å². The van der Waals surface area contributed by atoms with Gasteiger partial charge in [0.25, 0.3) is 0 Å². The van der Waals surface area contributed by atoms with Gasteiger partial charge in [-0.1, -0.05) is 30.9 Å². The Morgan fingerprint density at radius 2 is 1.79 bits per heavy atom. The lowest BCUT2D eigenvalue weighted by molar-refractivity contribution is -0.248. The third-order valence-electron chi connectivity index (χ3n) is 4.63. The maximum atomic E-state index is 11.8. The fraction of sp³-hybridized carbons (Fsp3) is 0.889. The van der Waals surface area contributed by atoms with Crippen molar-refractivity contribution in [3.05, 3.63) is 4.91 Å². The van der Waals surface area contributed by atoms with Crippen LogP contribution in [0.2, 0.25) is 0 Å². The molecule has 1 aliphatic rings. The van der Waals surface area contributed by atoms with E-state index in [1.165, 1.54) is 0 Å². The molecule has 4 atom stereocenters. The lowest BCUT2D eigenvalue weighted by Gasteiger charge is -2.35. The van der Waals surface area contributed by atoms with E-state index in [1.54, 1.807) is 0 Å². The molecular weight excluding hydrogens is 370 g/mol. The Bertz CT molecular complexity index is 478. The zero-order chi connectivity index (χ0) is 20.8. The van der Waals surface area contributed by atoms with Crippen molar-refractivity contribution in [2.75, 3.05) is 19.8 Å². The minimum atomic E-state index is -1.20. The summed E-state index contributed by atoms with van der Waals surface area (Å²) in [5, 5.41) is 24.7. The molecule has 10 nitrogen and oxygen atoms in total. The molecule has 0 aromatic rings. The molecule has 10 heteroatoms. The summed E-state index contributed by atoms with van der Waals surface area (Å²) in [5.41, 5.74) is 5.07. The highest BCUT2D eigenvalue weighted by Gasteiger charge is 2.39. The Kier molecular flexibility index (Phi) is 12.5. The number of aliphatic hydroxyl groups is 2. The number of unbranched alkanes of at least 4 members (excludes halogenated alkanes) is 5. The zero-order valence-corrected chi connectivity index (χ0v) is 16.3. The van der Waals surface area contributed by atoms with Gasteiger partial charge >= 0.3 is 0 Å². The van der Waals surface area contributed by atoms with Crippen LogP contribution in [-0.4, -0.2) is 66.3 Å². The number of nitrogens with one attached hydrogen (secondary N) is 1. The topological polar surface area (TPSA) is 161 Å². The van der Waals surface area contributed by atoms with E-state index in [9.17, 15) is 19.6 Å². The molecule has 1 saturated heterocycles. The SMILES string of the molecule is NC(=O)CCCCCCCCC(=O)NCCOC1OC(CO)CC(N=O)C1O. The fourth-order valence-corrected chi connectivity index (χ4v) is 3.02. The number of rotatable bonds is 15. The van der Waals surface area contributed by atoms with Gasteiger partial charge in [0.05, 0.1) is 19.3 Å². The molecule has 1 rings (SSSR count). The van der Waals surface area contributed by atoms with E-state index >= 15 is 0 Å². The molecule has 0 aliphatic carbocycles. The van der Waals surface area contributed by atoms with E-state index in [0.29, 0.717) is 12.8 Å². The molecule has 1 aliphatic heterocycles. The van der Waals surface area contributed by atoms with Gasteiger partial charge in [0, 0.05) is 25.8 Å². The van der Waals surface area contributed by atoms with Gasteiger partial charge in [-0.3, -0.25) is 9.59 Å². The highest BCUT2D eigenvalue weighted by Crippen LogP contribution is 2.23. The van der Waals surface area contributed by atoms with E-state index in [4.69, 9.17) is 20.3 Å². The van der Waals surface area contributed by atoms with Gasteiger partial charge in [-0.25, -0.2) is 0 Å². The van der Waals surface area contributed by atoms with Crippen LogP contribution in [0, 0.1) is 4.91 Å². The molecule has 1 heterocycles. The van der Waals surface area contributed by atoms with Crippen molar-refractivity contribution < 1.29 is 29.3 Å². The zero-order valence-electron chi connectivity index (χ0n) is 16.3. The molecule has 2 amide bonds. The van der Waals surface area contributed by atoms with Crippen molar-refractivity contribution in [1.82, 2.24) is 5.32 Å². The summed E-state index contributed by atoms with van der Waals surface area (Å²) in [6.07, 6.45) is 3.71. The maximum absolute atomic E-state index is 11.8. The average Bonchev–Trinajstić information content (AvgIpc) is 2.68. The molecule has 1 fully saturated rings. The van der Waals surface area contributed by atoms with Crippen LogP contribution < -0.4 is 11.1 Å². The smallest absolute Gasteiger partial charge is 0.220 e. The van der Waals surface area contributed by atoms with Crippen molar-refractivity contribution >= 4 is 11.8 Å². The molecule has 5 N–H and O–H groups in total. The number of hydrogen-bond acceptors (Lipinski definition) is 8. The van der Waals surface area contributed by atoms with Crippen LogP contribution in [0.15, 0.2) is 5.18 Å². The van der Waals surface area contributed by atoms with Gasteiger partial charge in [-0.15, -0.1) is 0 Å². The molecular formula is C18H33N3O7. The number of nitrogens with zero attached hydrogens (tertiary/aromatic N) is 1. The number of aliphatic hydroxyl groups excluding tert-OH is 2. The largest absolute Gasteiger partial charge is 0.394 e. The van der Waals surface area contributed by atoms with Crippen LogP contribution in [0.25, 0.3) is 0 Å². The average molecular weight is 403 g/mol. The Labute approximate surface area is 165 Å². The monoisotopic (exact) mass is 403 g/mol. The Balaban J connectivity index is 2.05. The third kappa shape index (κ3) is 10.1. The lowest BCUT2D eigenvalue weighted by atomic mass is 10.0. The second-order valence-electron chi connectivity index (χ2n) is 7.02. The molecule has 0 aromatic heterocycles. The molecule has 0 spiro atoms. The Hall–Kier alpha value is -1.62. The van der Waals surface area contributed by atoms with Crippen LogP contribution in [-0.2, 0) is 19.1 Å². The number of hydrogen-bond donors (Lipinski definition) is 4. The molecule has 4 unspecified atom stereocenters. The predicted octanol–water partition coefficient (Wildman–Crippen LogP) is 0.329. The predicted molar refractivity (Wildman–Crippen MR) is 101 cm³/mol. The Morgan fingerprint density at radius 3 is 2.39 bits per heavy atom. The first kappa shape index (κ1) is 24.4. The number of nitroso groups, excluding NO2 is 1. The van der Waals surface area contributed by atoms with Crippen molar-refractivity contribution in [1.29, 1.82) is 0 Å². The maximum Gasteiger partial charge on any atom is 0.220 e. The molecule has 162 valence electrons. The van der Waals surface area contributed by atoms with Gasteiger partial charge in [-0.2, -0.15) is 4.91 Å². The summed E-state index contributed by atoms with van der Waals surface area (Å²) >= 11 is 0. The van der Waals surface area contributed by atoms with E-state index in [-0.39, 0.29) is 38.0 Å². The number of carbonyl (C=O) groups excluding carboxylic acids is 2. The summed E-state index contributed by atoms with van der Waals surface area (Å²) in [7, 11) is 0. The molecule has 0 radical (unpaired) electrons. The molecule has 0 bridgehead atoms. The van der Waals surface area contributed by atoms with Crippen molar-refractivity contribution in [2.45, 2.75) is 82.3 Å². The summed E-state index contributed by atoms with van der Waals surface area (Å²) in [6, 6.07) is -0.888. The number of ether oxygens (including phenoxy) is 2. The first-order valence-electron chi connectivity index (χ1n) is 9.91. The number of carbonyl (C=O) groups is 2. The van der Waals surface area contributed by atoms with Crippen LogP contribution in [0.4, 0.5) is 0 Å². The fourth-order valence-electron chi connectivity index (χ4n) is 3.02. The first-order chi connectivity index (χ1) is 13.5. The lowest BCUT2D eigenvalue weighted by Crippen LogP contribution is -2.50. The van der Waals surface area contributed by atoms with Crippen LogP contribution in [0.1, 0.15) is 57.8 Å². The first-order valence-corrected chi connectivity index (χ1v) is 9.91. The van der Waals surface area contributed by atoms with E-state index in [2.05, 4.69) is 10.5 Å². The van der Waals surface area contributed by atoms with Gasteiger partial charge in [-0.05, 0) is 12.8 Å². The van der Waals surface area contributed by atoms with Gasteiger partial charge < -0.3 is 30.7 Å². The highest BCUT2D eigenvalue weighted by molar-refractivity contribution is 5.75. The van der Waals surface area contributed by atoms with Crippen molar-refractivity contribution in [3.8, 4) is 0 Å². The van der Waals surface area contributed by atoms with Crippen molar-refractivity contribution in [2.24, 2.45) is 10.9 Å². The van der Waals surface area contributed by atoms with E-state index in [1.807, 2.05) is 0 Å². The highest BCUT2D eigenvalue weighted by atomic mass is 16.7. The quantitative estimate of drug-likeness (QED) is 0.226. The normalized spacial score (nSPS) is 24.6. The summed E-state index contributed by atoms with van der Waals surface area (Å²) < 4.78 is 10.7. The molecule has 0 aromatic carbocycles. The second-order valence-corrected chi connectivity index (χ2v) is 7.02. The number of nitrogens with two attached hydrogens (primary N) is 1. The molecule has 28 heavy (non-hydrogen) atoms. The summed E-state index contributed by atoms with van der Waals surface area (Å²) in [6.45, 7) is 0.0685. The number of primary amides is 1. The van der Waals surface area contributed by atoms with Crippen molar-refractivity contribution in [3.63, 3.8) is 0 Å². The minimum absolute atomic E-state index is 0.0805. The van der Waals surface area contributed by atoms with Crippen LogP contribution in [0.5, 0.6) is 0 Å². The third-order valence-corrected chi connectivity index (χ3v) is 4.63. The molecule has 0 saturated carbocycles.